The summed E-state index contributed by atoms with van der Waals surface area (Å²) in [5, 5.41) is 13.7. The Kier molecular flexibility index (Phi) is 7.49. The van der Waals surface area contributed by atoms with Crippen LogP contribution in [0.15, 0.2) is 57.8 Å². The van der Waals surface area contributed by atoms with E-state index in [0.717, 1.165) is 12.1 Å². The molecule has 2 aromatic carbocycles. The quantitative estimate of drug-likeness (QED) is 0.209. The predicted octanol–water partition coefficient (Wildman–Crippen LogP) is 4.60. The summed E-state index contributed by atoms with van der Waals surface area (Å²) < 4.78 is 35.3. The van der Waals surface area contributed by atoms with Gasteiger partial charge in [0.15, 0.2) is 21.9 Å². The monoisotopic (exact) mass is 556 g/mol. The van der Waals surface area contributed by atoms with Crippen LogP contribution in [-0.2, 0) is 16.1 Å². The van der Waals surface area contributed by atoms with Gasteiger partial charge in [0.05, 0.1) is 21.8 Å². The Morgan fingerprint density at radius 2 is 2.00 bits per heavy atom. The largest absolute Gasteiger partial charge is 0.385 e. The molecule has 0 aliphatic heterocycles. The first-order chi connectivity index (χ1) is 18.4. The van der Waals surface area contributed by atoms with Crippen molar-refractivity contribution >= 4 is 50.8 Å². The fraction of sp³-hybridized carbons (Fsp3) is 0.240. The fourth-order valence-electron chi connectivity index (χ4n) is 3.92. The number of ether oxygens (including phenoxy) is 1. The number of aromatic nitrogens is 5. The zero-order valence-electron chi connectivity index (χ0n) is 20.4. The highest BCUT2D eigenvalue weighted by Gasteiger charge is 2.22. The number of para-hydroxylation sites is 1. The first-order valence-electron chi connectivity index (χ1n) is 11.6. The lowest BCUT2D eigenvalue weighted by atomic mass is 10.2. The number of carbonyl (C=O) groups is 1. The van der Waals surface area contributed by atoms with Gasteiger partial charge in [-0.3, -0.25) is 18.6 Å². The number of hydrogen-bond acceptors (Lipinski definition) is 8. The Bertz CT molecular complexity index is 1700. The number of anilines is 1. The third-order valence-corrected chi connectivity index (χ3v) is 7.61. The van der Waals surface area contributed by atoms with Crippen molar-refractivity contribution in [2.45, 2.75) is 30.3 Å². The molecule has 0 aliphatic rings. The van der Waals surface area contributed by atoms with Crippen molar-refractivity contribution in [2.24, 2.45) is 0 Å². The van der Waals surface area contributed by atoms with Crippen molar-refractivity contribution < 1.29 is 18.3 Å². The maximum atomic E-state index is 13.6. The third-order valence-electron chi connectivity index (χ3n) is 5.81. The lowest BCUT2D eigenvalue weighted by Gasteiger charge is -2.12. The van der Waals surface area contributed by atoms with E-state index in [4.69, 9.17) is 4.74 Å². The zero-order valence-corrected chi connectivity index (χ0v) is 22.0. The Balaban J connectivity index is 1.39. The predicted molar refractivity (Wildman–Crippen MR) is 143 cm³/mol. The molecule has 0 bridgehead atoms. The molecule has 38 heavy (non-hydrogen) atoms. The van der Waals surface area contributed by atoms with Crippen LogP contribution in [0.4, 0.5) is 13.9 Å². The number of methoxy groups -OCH3 is 1. The molecular formula is C25H22F2N6O3S2. The maximum absolute atomic E-state index is 13.6. The first-order valence-corrected chi connectivity index (χ1v) is 13.4. The van der Waals surface area contributed by atoms with E-state index in [0.29, 0.717) is 57.8 Å². The molecule has 0 spiro atoms. The molecule has 1 amide bonds. The number of thioether (sulfide) groups is 1. The maximum Gasteiger partial charge on any atom is 0.262 e. The molecular weight excluding hydrogens is 534 g/mol. The summed E-state index contributed by atoms with van der Waals surface area (Å²) in [6.07, 6.45) is 0.624. The number of benzene rings is 2. The minimum Gasteiger partial charge on any atom is -0.385 e. The Labute approximate surface area is 223 Å². The first kappa shape index (κ1) is 25.9. The number of nitrogens with one attached hydrogen (secondary N) is 1. The van der Waals surface area contributed by atoms with Crippen LogP contribution in [0.1, 0.15) is 13.3 Å². The van der Waals surface area contributed by atoms with Gasteiger partial charge in [0, 0.05) is 31.2 Å². The minimum atomic E-state index is -0.969. The molecule has 0 saturated carbocycles. The SMILES string of the molecule is COCCCn1c(=O)c2ccccc2n2c(SC(C)C(=O)Nc3nc(-c4ccc(F)c(F)c4)cs3)nnc12. The molecule has 5 rings (SSSR count). The van der Waals surface area contributed by atoms with Gasteiger partial charge in [0.1, 0.15) is 0 Å². The van der Waals surface area contributed by atoms with E-state index in [2.05, 4.69) is 20.5 Å². The van der Waals surface area contributed by atoms with E-state index < -0.39 is 16.9 Å². The highest BCUT2D eigenvalue weighted by atomic mass is 32.2. The van der Waals surface area contributed by atoms with Gasteiger partial charge in [-0.2, -0.15) is 0 Å². The summed E-state index contributed by atoms with van der Waals surface area (Å²) in [6, 6.07) is 10.7. The summed E-state index contributed by atoms with van der Waals surface area (Å²) in [4.78, 5) is 30.4. The van der Waals surface area contributed by atoms with E-state index in [1.165, 1.54) is 29.2 Å². The summed E-state index contributed by atoms with van der Waals surface area (Å²) >= 11 is 2.37. The van der Waals surface area contributed by atoms with E-state index in [9.17, 15) is 18.4 Å². The molecule has 1 unspecified atom stereocenters. The van der Waals surface area contributed by atoms with Gasteiger partial charge < -0.3 is 10.1 Å². The van der Waals surface area contributed by atoms with Crippen molar-refractivity contribution in [2.75, 3.05) is 19.0 Å². The van der Waals surface area contributed by atoms with Crippen LogP contribution in [0.3, 0.4) is 0 Å². The zero-order chi connectivity index (χ0) is 26.8. The van der Waals surface area contributed by atoms with Crippen molar-refractivity contribution in [1.82, 2.24) is 24.1 Å². The number of fused-ring (bicyclic) bond motifs is 3. The molecule has 0 aliphatic carbocycles. The molecule has 9 nitrogen and oxygen atoms in total. The summed E-state index contributed by atoms with van der Waals surface area (Å²) in [6.45, 7) is 2.62. The van der Waals surface area contributed by atoms with Crippen molar-refractivity contribution in [3.05, 3.63) is 69.8 Å². The molecule has 5 aromatic rings. The number of rotatable bonds is 9. The van der Waals surface area contributed by atoms with Gasteiger partial charge in [-0.05, 0) is 43.7 Å². The molecule has 1 N–H and O–H groups in total. The van der Waals surface area contributed by atoms with E-state index >= 15 is 0 Å². The number of nitrogens with zero attached hydrogens (tertiary/aromatic N) is 5. The molecule has 1 atom stereocenters. The lowest BCUT2D eigenvalue weighted by molar-refractivity contribution is -0.115. The third kappa shape index (κ3) is 5.04. The van der Waals surface area contributed by atoms with Crippen LogP contribution >= 0.6 is 23.1 Å². The highest BCUT2D eigenvalue weighted by Crippen LogP contribution is 2.29. The van der Waals surface area contributed by atoms with Gasteiger partial charge in [-0.25, -0.2) is 13.8 Å². The second-order valence-corrected chi connectivity index (χ2v) is 10.5. The summed E-state index contributed by atoms with van der Waals surface area (Å²) in [5.41, 5.74) is 1.30. The summed E-state index contributed by atoms with van der Waals surface area (Å²) in [7, 11) is 1.60. The second kappa shape index (κ2) is 11.0. The number of halogens is 2. The van der Waals surface area contributed by atoms with Gasteiger partial charge in [0.25, 0.3) is 5.56 Å². The van der Waals surface area contributed by atoms with Gasteiger partial charge in [0.2, 0.25) is 11.7 Å². The minimum absolute atomic E-state index is 0.167. The van der Waals surface area contributed by atoms with E-state index in [1.54, 1.807) is 40.5 Å². The lowest BCUT2D eigenvalue weighted by Crippen LogP contribution is -2.24. The smallest absolute Gasteiger partial charge is 0.262 e. The van der Waals surface area contributed by atoms with Gasteiger partial charge in [-0.1, -0.05) is 23.9 Å². The standard InChI is InChI=1S/C25H22F2N6O3S2/c1-14(21(34)29-23-28-19(13-37-23)15-8-9-17(26)18(27)12-15)38-25-31-30-24-32(10-5-11-36-2)22(35)16-6-3-4-7-20(16)33(24)25/h3-4,6-9,12-14H,5,10-11H2,1-2H3,(H,28,29,34). The molecule has 196 valence electrons. The number of carbonyl (C=O) groups excluding carboxylic acids is 1. The van der Waals surface area contributed by atoms with E-state index in [-0.39, 0.29) is 11.5 Å². The number of amides is 1. The van der Waals surface area contributed by atoms with Crippen LogP contribution in [0.25, 0.3) is 27.9 Å². The fourth-order valence-corrected chi connectivity index (χ4v) is 5.49. The molecule has 0 radical (unpaired) electrons. The van der Waals surface area contributed by atoms with Crippen molar-refractivity contribution in [3.8, 4) is 11.3 Å². The molecule has 3 heterocycles. The molecule has 0 saturated heterocycles. The Morgan fingerprint density at radius 3 is 2.79 bits per heavy atom. The number of thiazole rings is 1. The van der Waals surface area contributed by atoms with Crippen LogP contribution in [0.2, 0.25) is 0 Å². The summed E-state index contributed by atoms with van der Waals surface area (Å²) in [5.74, 6) is -1.85. The van der Waals surface area contributed by atoms with Gasteiger partial charge in [-0.15, -0.1) is 21.5 Å². The average Bonchev–Trinajstić information content (AvgIpc) is 3.55. The number of hydrogen-bond donors (Lipinski definition) is 1. The topological polar surface area (TPSA) is 103 Å². The molecule has 13 heteroatoms. The van der Waals surface area contributed by atoms with E-state index in [1.807, 2.05) is 12.1 Å². The molecule has 0 fully saturated rings. The highest BCUT2D eigenvalue weighted by molar-refractivity contribution is 8.00. The van der Waals surface area contributed by atoms with Crippen LogP contribution in [0.5, 0.6) is 0 Å². The van der Waals surface area contributed by atoms with Crippen molar-refractivity contribution in [1.29, 1.82) is 0 Å². The average molecular weight is 557 g/mol. The Hall–Kier alpha value is -3.68. The normalized spacial score (nSPS) is 12.3. The second-order valence-electron chi connectivity index (χ2n) is 8.35. The Morgan fingerprint density at radius 1 is 1.18 bits per heavy atom. The van der Waals surface area contributed by atoms with Crippen LogP contribution in [0, 0.1) is 11.6 Å². The van der Waals surface area contributed by atoms with Crippen LogP contribution in [-0.4, -0.2) is 49.0 Å². The van der Waals surface area contributed by atoms with Crippen LogP contribution < -0.4 is 10.9 Å². The van der Waals surface area contributed by atoms with Gasteiger partial charge >= 0.3 is 0 Å². The number of aryl methyl sites for hydroxylation is 1. The molecule has 3 aromatic heterocycles. The van der Waals surface area contributed by atoms with Crippen molar-refractivity contribution in [3.63, 3.8) is 0 Å².